The monoisotopic (exact) mass is 346 g/mol. The molecular formula is C19H19ClO4. The van der Waals surface area contributed by atoms with Crippen molar-refractivity contribution in [3.63, 3.8) is 0 Å². The molecule has 0 heterocycles. The molecule has 0 amide bonds. The summed E-state index contributed by atoms with van der Waals surface area (Å²) in [6.07, 6.45) is 3.49. The van der Waals surface area contributed by atoms with Gasteiger partial charge in [-0.2, -0.15) is 0 Å². The van der Waals surface area contributed by atoms with E-state index in [2.05, 4.69) is 6.92 Å². The Balaban J connectivity index is 1.90. The number of aryl methyl sites for hydroxylation is 1. The maximum Gasteiger partial charge on any atom is 0.328 e. The molecule has 0 aromatic heterocycles. The Kier molecular flexibility index (Phi) is 6.70. The van der Waals surface area contributed by atoms with Gasteiger partial charge in [0, 0.05) is 16.7 Å². The number of rotatable bonds is 8. The van der Waals surface area contributed by atoms with Gasteiger partial charge in [-0.25, -0.2) is 4.79 Å². The standard InChI is InChI=1S/C19H19ClO4/c1-2-14-3-7-17(8-4-14)23-11-12-24-18-9-6-16(20)13-15(18)5-10-19(21)22/h3-10,13H,2,11-12H2,1H3,(H,21,22). The lowest BCUT2D eigenvalue weighted by Crippen LogP contribution is -2.09. The highest BCUT2D eigenvalue weighted by atomic mass is 35.5. The van der Waals surface area contributed by atoms with Gasteiger partial charge in [0.2, 0.25) is 0 Å². The number of carboxylic acid groups (broad SMARTS) is 1. The van der Waals surface area contributed by atoms with Crippen molar-refractivity contribution in [2.75, 3.05) is 13.2 Å². The van der Waals surface area contributed by atoms with Gasteiger partial charge in [-0.3, -0.25) is 0 Å². The number of halogens is 1. The fourth-order valence-corrected chi connectivity index (χ4v) is 2.26. The second kappa shape index (κ2) is 8.99. The Bertz CT molecular complexity index is 708. The van der Waals surface area contributed by atoms with Crippen molar-refractivity contribution >= 4 is 23.6 Å². The summed E-state index contributed by atoms with van der Waals surface area (Å²) >= 11 is 5.94. The van der Waals surface area contributed by atoms with E-state index in [0.717, 1.165) is 18.2 Å². The maximum atomic E-state index is 10.7. The molecule has 0 spiro atoms. The van der Waals surface area contributed by atoms with E-state index in [9.17, 15) is 4.79 Å². The highest BCUT2D eigenvalue weighted by Gasteiger charge is 2.03. The highest BCUT2D eigenvalue weighted by molar-refractivity contribution is 6.30. The Morgan fingerprint density at radius 3 is 2.50 bits per heavy atom. The molecule has 0 bridgehead atoms. The van der Waals surface area contributed by atoms with Crippen molar-refractivity contribution in [3.05, 3.63) is 64.7 Å². The topological polar surface area (TPSA) is 55.8 Å². The SMILES string of the molecule is CCc1ccc(OCCOc2ccc(Cl)cc2C=CC(=O)O)cc1. The smallest absolute Gasteiger partial charge is 0.328 e. The second-order valence-corrected chi connectivity index (χ2v) is 5.48. The lowest BCUT2D eigenvalue weighted by Gasteiger charge is -2.11. The van der Waals surface area contributed by atoms with Crippen molar-refractivity contribution in [2.24, 2.45) is 0 Å². The summed E-state index contributed by atoms with van der Waals surface area (Å²) in [6, 6.07) is 13.0. The van der Waals surface area contributed by atoms with E-state index in [-0.39, 0.29) is 0 Å². The predicted molar refractivity (Wildman–Crippen MR) is 94.9 cm³/mol. The molecule has 0 saturated carbocycles. The molecule has 0 saturated heterocycles. The summed E-state index contributed by atoms with van der Waals surface area (Å²) < 4.78 is 11.3. The fourth-order valence-electron chi connectivity index (χ4n) is 2.07. The van der Waals surface area contributed by atoms with Gasteiger partial charge in [-0.05, 0) is 48.4 Å². The van der Waals surface area contributed by atoms with Crippen LogP contribution in [0.25, 0.3) is 6.08 Å². The molecule has 0 aliphatic heterocycles. The second-order valence-electron chi connectivity index (χ2n) is 5.05. The van der Waals surface area contributed by atoms with Crippen LogP contribution in [0.4, 0.5) is 0 Å². The largest absolute Gasteiger partial charge is 0.490 e. The number of carboxylic acids is 1. The van der Waals surface area contributed by atoms with Crippen LogP contribution < -0.4 is 9.47 Å². The van der Waals surface area contributed by atoms with Crippen molar-refractivity contribution < 1.29 is 19.4 Å². The predicted octanol–water partition coefficient (Wildman–Crippen LogP) is 4.46. The van der Waals surface area contributed by atoms with Gasteiger partial charge in [-0.15, -0.1) is 0 Å². The summed E-state index contributed by atoms with van der Waals surface area (Å²) in [6.45, 7) is 2.83. The maximum absolute atomic E-state index is 10.7. The molecule has 0 fully saturated rings. The summed E-state index contributed by atoms with van der Waals surface area (Å²) in [7, 11) is 0. The van der Waals surface area contributed by atoms with E-state index in [1.807, 2.05) is 24.3 Å². The molecule has 0 aliphatic carbocycles. The molecule has 4 nitrogen and oxygen atoms in total. The van der Waals surface area contributed by atoms with E-state index >= 15 is 0 Å². The van der Waals surface area contributed by atoms with Crippen LogP contribution >= 0.6 is 11.6 Å². The third kappa shape index (κ3) is 5.63. The first-order valence-corrected chi connectivity index (χ1v) is 8.01. The van der Waals surface area contributed by atoms with Crippen molar-refractivity contribution in [1.82, 2.24) is 0 Å². The van der Waals surface area contributed by atoms with Gasteiger partial charge >= 0.3 is 5.97 Å². The first-order valence-electron chi connectivity index (χ1n) is 7.63. The Hall–Kier alpha value is -2.46. The van der Waals surface area contributed by atoms with Crippen LogP contribution in [0.1, 0.15) is 18.1 Å². The normalized spacial score (nSPS) is 10.8. The number of benzene rings is 2. The third-order valence-electron chi connectivity index (χ3n) is 3.32. The molecule has 0 atom stereocenters. The lowest BCUT2D eigenvalue weighted by atomic mass is 10.2. The van der Waals surface area contributed by atoms with Crippen molar-refractivity contribution in [1.29, 1.82) is 0 Å². The average Bonchev–Trinajstić information content (AvgIpc) is 2.58. The van der Waals surface area contributed by atoms with Crippen LogP contribution in [-0.2, 0) is 11.2 Å². The highest BCUT2D eigenvalue weighted by Crippen LogP contribution is 2.24. The molecule has 0 aliphatic rings. The van der Waals surface area contributed by atoms with E-state index < -0.39 is 5.97 Å². The molecular weight excluding hydrogens is 328 g/mol. The summed E-state index contributed by atoms with van der Waals surface area (Å²) in [5, 5.41) is 9.25. The first-order chi connectivity index (χ1) is 11.6. The van der Waals surface area contributed by atoms with E-state index in [1.165, 1.54) is 11.6 Å². The van der Waals surface area contributed by atoms with E-state index in [1.54, 1.807) is 18.2 Å². The Morgan fingerprint density at radius 1 is 1.12 bits per heavy atom. The zero-order valence-electron chi connectivity index (χ0n) is 13.4. The van der Waals surface area contributed by atoms with Crippen LogP contribution in [0.2, 0.25) is 5.02 Å². The van der Waals surface area contributed by atoms with Crippen LogP contribution in [0.15, 0.2) is 48.5 Å². The number of carbonyl (C=O) groups is 1. The van der Waals surface area contributed by atoms with Crippen LogP contribution in [-0.4, -0.2) is 24.3 Å². The molecule has 126 valence electrons. The summed E-state index contributed by atoms with van der Waals surface area (Å²) in [5.41, 5.74) is 1.87. The molecule has 5 heteroatoms. The van der Waals surface area contributed by atoms with Gasteiger partial charge in [0.25, 0.3) is 0 Å². The molecule has 24 heavy (non-hydrogen) atoms. The minimum absolute atomic E-state index is 0.338. The van der Waals surface area contributed by atoms with Crippen LogP contribution in [0.5, 0.6) is 11.5 Å². The zero-order chi connectivity index (χ0) is 17.4. The number of ether oxygens (including phenoxy) is 2. The van der Waals surface area contributed by atoms with Crippen LogP contribution in [0, 0.1) is 0 Å². The minimum atomic E-state index is -1.03. The molecule has 2 aromatic rings. The molecule has 2 rings (SSSR count). The lowest BCUT2D eigenvalue weighted by molar-refractivity contribution is -0.131. The average molecular weight is 347 g/mol. The number of hydrogen-bond acceptors (Lipinski definition) is 3. The minimum Gasteiger partial charge on any atom is -0.490 e. The van der Waals surface area contributed by atoms with E-state index in [0.29, 0.717) is 29.5 Å². The van der Waals surface area contributed by atoms with Gasteiger partial charge in [0.1, 0.15) is 24.7 Å². The zero-order valence-corrected chi connectivity index (χ0v) is 14.1. The third-order valence-corrected chi connectivity index (χ3v) is 3.55. The van der Waals surface area contributed by atoms with Gasteiger partial charge < -0.3 is 14.6 Å². The Labute approximate surface area is 146 Å². The van der Waals surface area contributed by atoms with Crippen LogP contribution in [0.3, 0.4) is 0 Å². The van der Waals surface area contributed by atoms with Crippen molar-refractivity contribution in [3.8, 4) is 11.5 Å². The molecule has 0 unspecified atom stereocenters. The first kappa shape index (κ1) is 17.9. The van der Waals surface area contributed by atoms with E-state index in [4.69, 9.17) is 26.2 Å². The molecule has 0 radical (unpaired) electrons. The molecule has 1 N–H and O–H groups in total. The number of aliphatic carboxylic acids is 1. The van der Waals surface area contributed by atoms with Gasteiger partial charge in [-0.1, -0.05) is 30.7 Å². The quantitative estimate of drug-likeness (QED) is 0.566. The Morgan fingerprint density at radius 2 is 1.83 bits per heavy atom. The molecule has 2 aromatic carbocycles. The van der Waals surface area contributed by atoms with Crippen molar-refractivity contribution in [2.45, 2.75) is 13.3 Å². The summed E-state index contributed by atoms with van der Waals surface area (Å²) in [5.74, 6) is 0.319. The summed E-state index contributed by atoms with van der Waals surface area (Å²) in [4.78, 5) is 10.7. The number of hydrogen-bond donors (Lipinski definition) is 1. The van der Waals surface area contributed by atoms with Gasteiger partial charge in [0.15, 0.2) is 0 Å². The van der Waals surface area contributed by atoms with Gasteiger partial charge in [0.05, 0.1) is 0 Å². The fraction of sp³-hybridized carbons (Fsp3) is 0.211.